The van der Waals surface area contributed by atoms with E-state index >= 15 is 0 Å². The smallest absolute Gasteiger partial charge is 0.306 e. The predicted molar refractivity (Wildman–Crippen MR) is 275 cm³/mol. The van der Waals surface area contributed by atoms with Gasteiger partial charge < -0.3 is 14.2 Å². The van der Waals surface area contributed by atoms with E-state index in [1.807, 2.05) is 0 Å². The maximum Gasteiger partial charge on any atom is 0.306 e. The molecular formula is C58H106O6. The van der Waals surface area contributed by atoms with E-state index in [0.29, 0.717) is 19.3 Å². The number of esters is 3. The van der Waals surface area contributed by atoms with Crippen LogP contribution in [0.15, 0.2) is 36.5 Å². The Morgan fingerprint density at radius 3 is 0.953 bits per heavy atom. The fourth-order valence-electron chi connectivity index (χ4n) is 8.22. The number of hydrogen-bond acceptors (Lipinski definition) is 6. The van der Waals surface area contributed by atoms with Crippen molar-refractivity contribution in [2.75, 3.05) is 13.2 Å². The molecule has 0 spiro atoms. The fourth-order valence-corrected chi connectivity index (χ4v) is 8.22. The van der Waals surface area contributed by atoms with Crippen LogP contribution >= 0.6 is 0 Å². The van der Waals surface area contributed by atoms with Gasteiger partial charge in [-0.2, -0.15) is 0 Å². The van der Waals surface area contributed by atoms with Crippen LogP contribution < -0.4 is 0 Å². The van der Waals surface area contributed by atoms with Crippen LogP contribution in [0.25, 0.3) is 0 Å². The molecule has 0 fully saturated rings. The topological polar surface area (TPSA) is 78.9 Å². The summed E-state index contributed by atoms with van der Waals surface area (Å²) in [7, 11) is 0. The van der Waals surface area contributed by atoms with Gasteiger partial charge in [0.25, 0.3) is 0 Å². The molecule has 64 heavy (non-hydrogen) atoms. The minimum atomic E-state index is -0.776. The molecule has 0 N–H and O–H groups in total. The summed E-state index contributed by atoms with van der Waals surface area (Å²) in [5.41, 5.74) is 0. The highest BCUT2D eigenvalue weighted by atomic mass is 16.6. The molecule has 374 valence electrons. The first-order valence-corrected chi connectivity index (χ1v) is 28.0. The van der Waals surface area contributed by atoms with Crippen molar-refractivity contribution in [2.24, 2.45) is 0 Å². The van der Waals surface area contributed by atoms with Crippen LogP contribution in [0.1, 0.15) is 297 Å². The standard InChI is InChI=1S/C58H106O6/c1-4-7-10-13-16-19-22-25-27-28-29-30-32-33-36-39-42-45-48-51-57(60)63-54-55(53-62-56(59)50-47-44-41-38-35-24-21-18-15-12-9-6-3)64-58(61)52-49-46-43-40-37-34-31-26-23-20-17-14-11-8-5-2/h8,11,17,20,26,31,55H,4-7,9-10,12-16,18-19,21-25,27-30,32-54H2,1-3H3/b11-8-,20-17-,31-26-. The summed E-state index contributed by atoms with van der Waals surface area (Å²) in [6.45, 7) is 6.55. The van der Waals surface area contributed by atoms with Crippen molar-refractivity contribution in [1.29, 1.82) is 0 Å². The van der Waals surface area contributed by atoms with Crippen molar-refractivity contribution >= 4 is 17.9 Å². The molecule has 0 aromatic carbocycles. The first-order chi connectivity index (χ1) is 31.5. The largest absolute Gasteiger partial charge is 0.462 e. The number of carbonyl (C=O) groups is 3. The summed E-state index contributed by atoms with van der Waals surface area (Å²) in [6, 6.07) is 0. The molecule has 0 rings (SSSR count). The Balaban J connectivity index is 4.31. The highest BCUT2D eigenvalue weighted by molar-refractivity contribution is 5.71. The number of ether oxygens (including phenoxy) is 3. The van der Waals surface area contributed by atoms with E-state index < -0.39 is 6.10 Å². The van der Waals surface area contributed by atoms with Crippen LogP contribution in [0.2, 0.25) is 0 Å². The van der Waals surface area contributed by atoms with E-state index in [-0.39, 0.29) is 31.1 Å². The molecule has 0 saturated heterocycles. The van der Waals surface area contributed by atoms with Gasteiger partial charge in [-0.05, 0) is 51.4 Å². The molecule has 0 aliphatic carbocycles. The minimum Gasteiger partial charge on any atom is -0.462 e. The van der Waals surface area contributed by atoms with Crippen molar-refractivity contribution in [3.05, 3.63) is 36.5 Å². The van der Waals surface area contributed by atoms with Crippen molar-refractivity contribution in [3.8, 4) is 0 Å². The van der Waals surface area contributed by atoms with Gasteiger partial charge in [-0.25, -0.2) is 0 Å². The Hall–Kier alpha value is -2.37. The van der Waals surface area contributed by atoms with E-state index in [1.165, 1.54) is 161 Å². The quantitative estimate of drug-likeness (QED) is 0.0262. The number of hydrogen-bond donors (Lipinski definition) is 0. The molecular weight excluding hydrogens is 793 g/mol. The van der Waals surface area contributed by atoms with Gasteiger partial charge in [0, 0.05) is 19.3 Å². The highest BCUT2D eigenvalue weighted by Crippen LogP contribution is 2.17. The second-order valence-electron chi connectivity index (χ2n) is 18.8. The third kappa shape index (κ3) is 50.6. The second kappa shape index (κ2) is 53.2. The maximum absolute atomic E-state index is 12.8. The molecule has 0 radical (unpaired) electrons. The van der Waals surface area contributed by atoms with E-state index in [9.17, 15) is 14.4 Å². The van der Waals surface area contributed by atoms with Crippen LogP contribution in [-0.2, 0) is 28.6 Å². The Kier molecular flexibility index (Phi) is 51.3. The van der Waals surface area contributed by atoms with Crippen molar-refractivity contribution in [3.63, 3.8) is 0 Å². The highest BCUT2D eigenvalue weighted by Gasteiger charge is 2.19. The van der Waals surface area contributed by atoms with E-state index in [4.69, 9.17) is 14.2 Å². The molecule has 0 bridgehead atoms. The average Bonchev–Trinajstić information content (AvgIpc) is 3.29. The summed E-state index contributed by atoms with van der Waals surface area (Å²) in [5.74, 6) is -0.875. The molecule has 1 atom stereocenters. The third-order valence-electron chi connectivity index (χ3n) is 12.4. The summed E-state index contributed by atoms with van der Waals surface area (Å²) in [6.07, 6.45) is 62.8. The van der Waals surface area contributed by atoms with Crippen LogP contribution in [0, 0.1) is 0 Å². The summed E-state index contributed by atoms with van der Waals surface area (Å²) >= 11 is 0. The maximum atomic E-state index is 12.8. The molecule has 0 aromatic rings. The number of carbonyl (C=O) groups excluding carboxylic acids is 3. The lowest BCUT2D eigenvalue weighted by atomic mass is 10.0. The zero-order valence-corrected chi connectivity index (χ0v) is 42.8. The predicted octanol–water partition coefficient (Wildman–Crippen LogP) is 18.5. The van der Waals surface area contributed by atoms with Gasteiger partial charge in [0.15, 0.2) is 6.10 Å². The molecule has 6 heteroatoms. The molecule has 1 unspecified atom stereocenters. The second-order valence-corrected chi connectivity index (χ2v) is 18.8. The lowest BCUT2D eigenvalue weighted by molar-refractivity contribution is -0.167. The Morgan fingerprint density at radius 2 is 0.609 bits per heavy atom. The molecule has 0 heterocycles. The number of unbranched alkanes of at least 4 members (excludes halogenated alkanes) is 34. The van der Waals surface area contributed by atoms with Crippen molar-refractivity contribution in [2.45, 2.75) is 303 Å². The molecule has 0 saturated carbocycles. The van der Waals surface area contributed by atoms with Crippen LogP contribution in [-0.4, -0.2) is 37.2 Å². The molecule has 0 aromatic heterocycles. The summed E-state index contributed by atoms with van der Waals surface area (Å²) in [5, 5.41) is 0. The lowest BCUT2D eigenvalue weighted by Crippen LogP contribution is -2.30. The normalized spacial score (nSPS) is 12.2. The Labute approximate surface area is 397 Å². The van der Waals surface area contributed by atoms with Crippen LogP contribution in [0.3, 0.4) is 0 Å². The Morgan fingerprint density at radius 1 is 0.328 bits per heavy atom. The molecule has 6 nitrogen and oxygen atoms in total. The SMILES string of the molecule is CC/C=C\C/C=C\C/C=C\CCCCCCCC(=O)OC(COC(=O)CCCCCCCCCCCCCC)COC(=O)CCCCCCCCCCCCCCCCCCCCC. The van der Waals surface area contributed by atoms with Gasteiger partial charge in [0.05, 0.1) is 0 Å². The fraction of sp³-hybridized carbons (Fsp3) is 0.845. The van der Waals surface area contributed by atoms with Crippen molar-refractivity contribution in [1.82, 2.24) is 0 Å². The molecule has 0 aliphatic heterocycles. The van der Waals surface area contributed by atoms with Gasteiger partial charge in [0.1, 0.15) is 13.2 Å². The van der Waals surface area contributed by atoms with Crippen LogP contribution in [0.4, 0.5) is 0 Å². The summed E-state index contributed by atoms with van der Waals surface area (Å²) in [4.78, 5) is 38.1. The number of rotatable bonds is 51. The Bertz CT molecular complexity index is 1080. The lowest BCUT2D eigenvalue weighted by Gasteiger charge is -2.18. The van der Waals surface area contributed by atoms with E-state index in [0.717, 1.165) is 96.3 Å². The van der Waals surface area contributed by atoms with Gasteiger partial charge in [-0.1, -0.05) is 263 Å². The zero-order chi connectivity index (χ0) is 46.5. The third-order valence-corrected chi connectivity index (χ3v) is 12.4. The molecule has 0 aliphatic rings. The zero-order valence-electron chi connectivity index (χ0n) is 42.8. The monoisotopic (exact) mass is 899 g/mol. The average molecular weight is 899 g/mol. The van der Waals surface area contributed by atoms with E-state index in [1.54, 1.807) is 0 Å². The first-order valence-electron chi connectivity index (χ1n) is 28.0. The van der Waals surface area contributed by atoms with E-state index in [2.05, 4.69) is 57.2 Å². The number of allylic oxidation sites excluding steroid dienone is 6. The van der Waals surface area contributed by atoms with Gasteiger partial charge >= 0.3 is 17.9 Å². The van der Waals surface area contributed by atoms with Gasteiger partial charge in [-0.15, -0.1) is 0 Å². The minimum absolute atomic E-state index is 0.0746. The van der Waals surface area contributed by atoms with Crippen molar-refractivity contribution < 1.29 is 28.6 Å². The summed E-state index contributed by atoms with van der Waals surface area (Å²) < 4.78 is 16.8. The van der Waals surface area contributed by atoms with Gasteiger partial charge in [-0.3, -0.25) is 14.4 Å². The van der Waals surface area contributed by atoms with Crippen LogP contribution in [0.5, 0.6) is 0 Å². The van der Waals surface area contributed by atoms with Gasteiger partial charge in [0.2, 0.25) is 0 Å². The first kappa shape index (κ1) is 61.6. The molecule has 0 amide bonds.